The molecule has 5 nitrogen and oxygen atoms in total. The van der Waals surface area contributed by atoms with Crippen LogP contribution in [0.3, 0.4) is 0 Å². The second-order valence-electron chi connectivity index (χ2n) is 6.13. The summed E-state index contributed by atoms with van der Waals surface area (Å²) in [5.74, 6) is 0.191. The number of aryl methyl sites for hydroxylation is 1. The van der Waals surface area contributed by atoms with E-state index in [1.807, 2.05) is 0 Å². The summed E-state index contributed by atoms with van der Waals surface area (Å²) in [6.07, 6.45) is 1.52. The van der Waals surface area contributed by atoms with Gasteiger partial charge in [0.1, 0.15) is 5.82 Å². The van der Waals surface area contributed by atoms with Crippen molar-refractivity contribution in [2.75, 3.05) is 25.2 Å². The highest BCUT2D eigenvalue weighted by molar-refractivity contribution is 5.96. The number of fused-ring (bicyclic) bond motifs is 1. The van der Waals surface area contributed by atoms with Gasteiger partial charge in [0.25, 0.3) is 5.91 Å². The summed E-state index contributed by atoms with van der Waals surface area (Å²) in [6, 6.07) is 9.28. The summed E-state index contributed by atoms with van der Waals surface area (Å²) in [5, 5.41) is 0. The molecule has 6 heteroatoms. The minimum atomic E-state index is -0.301. The van der Waals surface area contributed by atoms with Crippen LogP contribution in [-0.2, 0) is 11.2 Å². The van der Waals surface area contributed by atoms with E-state index in [0.717, 1.165) is 24.1 Å². The molecule has 2 aromatic rings. The molecular formula is C20H20FNO4. The zero-order valence-electron chi connectivity index (χ0n) is 14.8. The summed E-state index contributed by atoms with van der Waals surface area (Å²) >= 11 is 0. The summed E-state index contributed by atoms with van der Waals surface area (Å²) in [6.45, 7) is 1.86. The molecule has 0 aliphatic carbocycles. The first-order valence-electron chi connectivity index (χ1n) is 8.40. The Morgan fingerprint density at radius 2 is 1.96 bits per heavy atom. The van der Waals surface area contributed by atoms with Crippen LogP contribution in [0.1, 0.15) is 29.3 Å². The Kier molecular flexibility index (Phi) is 5.21. The van der Waals surface area contributed by atoms with Crippen LogP contribution in [0.15, 0.2) is 36.4 Å². The van der Waals surface area contributed by atoms with Gasteiger partial charge in [0.2, 0.25) is 0 Å². The Morgan fingerprint density at radius 1 is 1.15 bits per heavy atom. The van der Waals surface area contributed by atoms with Gasteiger partial charge < -0.3 is 14.4 Å². The van der Waals surface area contributed by atoms with Gasteiger partial charge >= 0.3 is 0 Å². The molecule has 2 aromatic carbocycles. The first-order chi connectivity index (χ1) is 12.5. The lowest BCUT2D eigenvalue weighted by atomic mass is 10.0. The summed E-state index contributed by atoms with van der Waals surface area (Å²) < 4.78 is 24.3. The van der Waals surface area contributed by atoms with Crippen LogP contribution >= 0.6 is 0 Å². The maximum absolute atomic E-state index is 13.4. The number of anilines is 1. The number of hydrogen-bond donors (Lipinski definition) is 0. The Balaban J connectivity index is 1.73. The molecule has 0 fully saturated rings. The van der Waals surface area contributed by atoms with E-state index < -0.39 is 0 Å². The third-order valence-corrected chi connectivity index (χ3v) is 4.38. The molecule has 0 spiro atoms. The zero-order chi connectivity index (χ0) is 18.7. The van der Waals surface area contributed by atoms with Crippen molar-refractivity contribution in [3.63, 3.8) is 0 Å². The second-order valence-corrected chi connectivity index (χ2v) is 6.13. The van der Waals surface area contributed by atoms with Gasteiger partial charge in [-0.05, 0) is 61.7 Å². The molecule has 1 aliphatic heterocycles. The highest BCUT2D eigenvalue weighted by atomic mass is 19.1. The molecule has 1 amide bonds. The van der Waals surface area contributed by atoms with Crippen molar-refractivity contribution in [2.24, 2.45) is 0 Å². The van der Waals surface area contributed by atoms with Gasteiger partial charge in [-0.25, -0.2) is 4.39 Å². The minimum Gasteiger partial charge on any atom is -0.493 e. The Morgan fingerprint density at radius 3 is 2.69 bits per heavy atom. The number of Topliss-reactive ketones (excluding diaryl/α,β-unsaturated/α-hetero) is 1. The fourth-order valence-electron chi connectivity index (χ4n) is 3.05. The van der Waals surface area contributed by atoms with Crippen LogP contribution in [0.2, 0.25) is 0 Å². The highest BCUT2D eigenvalue weighted by Gasteiger charge is 2.23. The number of carbonyl (C=O) groups is 2. The number of carbonyl (C=O) groups excluding carboxylic acids is 2. The Bertz CT molecular complexity index is 850. The molecule has 136 valence electrons. The van der Waals surface area contributed by atoms with Gasteiger partial charge in [-0.15, -0.1) is 0 Å². The normalized spacial score (nSPS) is 13.1. The average Bonchev–Trinajstić information content (AvgIpc) is 2.65. The Labute approximate surface area is 151 Å². The van der Waals surface area contributed by atoms with E-state index in [-0.39, 0.29) is 24.1 Å². The third kappa shape index (κ3) is 3.69. The molecule has 1 aliphatic rings. The summed E-state index contributed by atoms with van der Waals surface area (Å²) in [5.41, 5.74) is 2.06. The number of benzene rings is 2. The van der Waals surface area contributed by atoms with E-state index in [9.17, 15) is 14.0 Å². The van der Waals surface area contributed by atoms with Crippen molar-refractivity contribution in [3.8, 4) is 11.5 Å². The number of methoxy groups -OCH3 is 1. The van der Waals surface area contributed by atoms with Gasteiger partial charge in [0.05, 0.1) is 7.11 Å². The van der Waals surface area contributed by atoms with E-state index >= 15 is 0 Å². The number of rotatable bonds is 5. The fraction of sp³-hybridized carbons (Fsp3) is 0.300. The number of ether oxygens (including phenoxy) is 2. The number of amides is 1. The largest absolute Gasteiger partial charge is 0.493 e. The molecule has 26 heavy (non-hydrogen) atoms. The average molecular weight is 357 g/mol. The predicted molar refractivity (Wildman–Crippen MR) is 95.6 cm³/mol. The second kappa shape index (κ2) is 7.56. The predicted octanol–water partition coefficient (Wildman–Crippen LogP) is 3.40. The van der Waals surface area contributed by atoms with Gasteiger partial charge in [-0.2, -0.15) is 0 Å². The lowest BCUT2D eigenvalue weighted by molar-refractivity contribution is -0.120. The molecule has 0 radical (unpaired) electrons. The van der Waals surface area contributed by atoms with Crippen molar-refractivity contribution in [1.29, 1.82) is 0 Å². The fourth-order valence-corrected chi connectivity index (χ4v) is 3.05. The smallest absolute Gasteiger partial charge is 0.264 e. The van der Waals surface area contributed by atoms with E-state index in [1.165, 1.54) is 26.2 Å². The number of ketones is 1. The lowest BCUT2D eigenvalue weighted by Crippen LogP contribution is -2.38. The van der Waals surface area contributed by atoms with E-state index in [0.29, 0.717) is 23.6 Å². The first-order valence-corrected chi connectivity index (χ1v) is 8.40. The number of hydrogen-bond acceptors (Lipinski definition) is 4. The quantitative estimate of drug-likeness (QED) is 0.770. The molecule has 1 heterocycles. The van der Waals surface area contributed by atoms with E-state index in [4.69, 9.17) is 9.47 Å². The standard InChI is InChI=1S/C20H20FNO4/c1-13(23)14-5-8-18(19(11-14)25-2)26-12-20(24)22-9-3-4-15-10-16(21)6-7-17(15)22/h5-8,10-11H,3-4,9,12H2,1-2H3. The summed E-state index contributed by atoms with van der Waals surface area (Å²) in [4.78, 5) is 25.7. The van der Waals surface area contributed by atoms with Gasteiger partial charge in [-0.3, -0.25) is 9.59 Å². The monoisotopic (exact) mass is 357 g/mol. The minimum absolute atomic E-state index is 0.0805. The molecule has 0 saturated heterocycles. The molecule has 0 bridgehead atoms. The maximum atomic E-state index is 13.4. The summed E-state index contributed by atoms with van der Waals surface area (Å²) in [7, 11) is 1.48. The van der Waals surface area contributed by atoms with E-state index in [1.54, 1.807) is 29.2 Å². The SMILES string of the molecule is COc1cc(C(C)=O)ccc1OCC(=O)N1CCCc2cc(F)ccc21. The van der Waals surface area contributed by atoms with Crippen LogP contribution in [-0.4, -0.2) is 32.0 Å². The lowest BCUT2D eigenvalue weighted by Gasteiger charge is -2.29. The number of halogens is 1. The molecule has 0 saturated carbocycles. The van der Waals surface area contributed by atoms with Gasteiger partial charge in [0, 0.05) is 17.8 Å². The first kappa shape index (κ1) is 17.9. The van der Waals surface area contributed by atoms with Crippen molar-refractivity contribution in [2.45, 2.75) is 19.8 Å². The topological polar surface area (TPSA) is 55.8 Å². The van der Waals surface area contributed by atoms with Gasteiger partial charge in [-0.1, -0.05) is 0 Å². The van der Waals surface area contributed by atoms with Crippen molar-refractivity contribution >= 4 is 17.4 Å². The maximum Gasteiger partial charge on any atom is 0.264 e. The van der Waals surface area contributed by atoms with Crippen molar-refractivity contribution in [3.05, 3.63) is 53.3 Å². The Hall–Kier alpha value is -2.89. The highest BCUT2D eigenvalue weighted by Crippen LogP contribution is 2.30. The van der Waals surface area contributed by atoms with Crippen molar-refractivity contribution in [1.82, 2.24) is 0 Å². The molecule has 0 atom stereocenters. The zero-order valence-corrected chi connectivity index (χ0v) is 14.8. The van der Waals surface area contributed by atoms with Crippen LogP contribution in [0.4, 0.5) is 10.1 Å². The molecular weight excluding hydrogens is 337 g/mol. The van der Waals surface area contributed by atoms with Gasteiger partial charge in [0.15, 0.2) is 23.9 Å². The van der Waals surface area contributed by atoms with Crippen molar-refractivity contribution < 1.29 is 23.5 Å². The molecule has 0 N–H and O–H groups in total. The van der Waals surface area contributed by atoms with Crippen LogP contribution in [0.25, 0.3) is 0 Å². The van der Waals surface area contributed by atoms with Crippen LogP contribution in [0.5, 0.6) is 11.5 Å². The number of nitrogens with zero attached hydrogens (tertiary/aromatic N) is 1. The van der Waals surface area contributed by atoms with E-state index in [2.05, 4.69) is 0 Å². The third-order valence-electron chi connectivity index (χ3n) is 4.38. The molecule has 3 rings (SSSR count). The molecule has 0 aromatic heterocycles. The van der Waals surface area contributed by atoms with Crippen LogP contribution in [0, 0.1) is 5.82 Å². The van der Waals surface area contributed by atoms with Crippen LogP contribution < -0.4 is 14.4 Å². The molecule has 0 unspecified atom stereocenters.